The van der Waals surface area contributed by atoms with E-state index in [9.17, 15) is 0 Å². The lowest BCUT2D eigenvalue weighted by Crippen LogP contribution is -2.07. The lowest BCUT2D eigenvalue weighted by Gasteiger charge is -2.00. The minimum atomic E-state index is 0.491. The second-order valence-electron chi connectivity index (χ2n) is 2.52. The summed E-state index contributed by atoms with van der Waals surface area (Å²) in [5.41, 5.74) is 2.88. The van der Waals surface area contributed by atoms with Gasteiger partial charge in [-0.3, -0.25) is 5.32 Å². The predicted octanol–water partition coefficient (Wildman–Crippen LogP) is 3.16. The second kappa shape index (κ2) is 3.18. The van der Waals surface area contributed by atoms with Gasteiger partial charge in [0, 0.05) is 0 Å². The van der Waals surface area contributed by atoms with Crippen LogP contribution in [0.5, 0.6) is 0 Å². The van der Waals surface area contributed by atoms with E-state index >= 15 is 0 Å². The molecule has 11 heavy (non-hydrogen) atoms. The van der Waals surface area contributed by atoms with E-state index in [0.29, 0.717) is 8.10 Å². The number of hydrogen-bond donors (Lipinski definition) is 1. The molecule has 0 saturated carbocycles. The van der Waals surface area contributed by atoms with Crippen LogP contribution in [0.25, 0.3) is 0 Å². The van der Waals surface area contributed by atoms with Crippen molar-refractivity contribution in [3.8, 4) is 0 Å². The van der Waals surface area contributed by atoms with Gasteiger partial charge < -0.3 is 0 Å². The Balaban J connectivity index is 2.52. The number of halogens is 2. The quantitative estimate of drug-likeness (QED) is 0.420. The third-order valence-corrected chi connectivity index (χ3v) is 3.90. The van der Waals surface area contributed by atoms with Crippen molar-refractivity contribution < 1.29 is 0 Å². The Kier molecular flexibility index (Phi) is 2.38. The van der Waals surface area contributed by atoms with Crippen LogP contribution in [0, 0.1) is 0 Å². The van der Waals surface area contributed by atoms with E-state index in [0.717, 1.165) is 0 Å². The minimum Gasteiger partial charge on any atom is -0.286 e. The van der Waals surface area contributed by atoms with Crippen molar-refractivity contribution in [2.45, 2.75) is 8.10 Å². The van der Waals surface area contributed by atoms with Crippen LogP contribution in [-0.2, 0) is 0 Å². The normalized spacial score (nSPS) is 28.5. The summed E-state index contributed by atoms with van der Waals surface area (Å²) in [4.78, 5) is 0. The monoisotopic (exact) mass is 371 g/mol. The fraction of sp³-hybridized carbons (Fsp3) is 0.250. The minimum absolute atomic E-state index is 0.491. The van der Waals surface area contributed by atoms with Gasteiger partial charge in [-0.1, -0.05) is 69.4 Å². The summed E-state index contributed by atoms with van der Waals surface area (Å²) in [6, 6.07) is 8.58. The molecule has 1 aromatic carbocycles. The first-order valence-corrected chi connectivity index (χ1v) is 5.91. The summed E-state index contributed by atoms with van der Waals surface area (Å²) in [5.74, 6) is 0. The summed E-state index contributed by atoms with van der Waals surface area (Å²) >= 11 is 4.85. The lowest BCUT2D eigenvalue weighted by atomic mass is 10.1. The Morgan fingerprint density at radius 1 is 1.00 bits per heavy atom. The van der Waals surface area contributed by atoms with Gasteiger partial charge in [-0.2, -0.15) is 0 Å². The largest absolute Gasteiger partial charge is 0.286 e. The van der Waals surface area contributed by atoms with Crippen LogP contribution in [0.15, 0.2) is 24.3 Å². The molecular weight excluding hydrogens is 364 g/mol. The van der Waals surface area contributed by atoms with Gasteiger partial charge in [-0.15, -0.1) is 0 Å². The number of fused-ring (bicyclic) bond motifs is 1. The molecule has 0 saturated heterocycles. The highest BCUT2D eigenvalue weighted by Crippen LogP contribution is 2.39. The lowest BCUT2D eigenvalue weighted by molar-refractivity contribution is 0.773. The standard InChI is InChI=1S/C8H7I2N/c9-7-5-3-1-2-4-6(5)8(10)11-7/h1-4,7-8,11H. The third-order valence-electron chi connectivity index (χ3n) is 1.83. The van der Waals surface area contributed by atoms with E-state index in [1.165, 1.54) is 11.1 Å². The van der Waals surface area contributed by atoms with Gasteiger partial charge in [-0.25, -0.2) is 0 Å². The molecule has 0 bridgehead atoms. The zero-order valence-corrected chi connectivity index (χ0v) is 10.0. The first kappa shape index (κ1) is 8.25. The maximum absolute atomic E-state index is 3.46. The van der Waals surface area contributed by atoms with Gasteiger partial charge in [0.15, 0.2) is 0 Å². The molecule has 1 nitrogen and oxygen atoms in total. The summed E-state index contributed by atoms with van der Waals surface area (Å²) in [6.07, 6.45) is 0. The maximum atomic E-state index is 3.46. The smallest absolute Gasteiger partial charge is 0.0863 e. The molecule has 2 unspecified atom stereocenters. The van der Waals surface area contributed by atoms with Crippen molar-refractivity contribution in [2.24, 2.45) is 0 Å². The van der Waals surface area contributed by atoms with Gasteiger partial charge >= 0.3 is 0 Å². The third kappa shape index (κ3) is 1.42. The Hall–Kier alpha value is 0.640. The molecule has 1 aliphatic heterocycles. The molecule has 1 heterocycles. The Morgan fingerprint density at radius 3 is 1.91 bits per heavy atom. The van der Waals surface area contributed by atoms with E-state index < -0.39 is 0 Å². The zero-order valence-electron chi connectivity index (χ0n) is 5.72. The Labute approximate surface area is 93.2 Å². The number of rotatable bonds is 0. The molecular formula is C8H7I2N. The maximum Gasteiger partial charge on any atom is 0.0863 e. The molecule has 0 aromatic heterocycles. The summed E-state index contributed by atoms with van der Waals surface area (Å²) < 4.78 is 0.983. The molecule has 0 spiro atoms. The fourth-order valence-corrected chi connectivity index (χ4v) is 3.82. The summed E-state index contributed by atoms with van der Waals surface area (Å²) in [6.45, 7) is 0. The Bertz CT molecular complexity index is 248. The molecule has 1 aromatic rings. The molecule has 3 heteroatoms. The van der Waals surface area contributed by atoms with Crippen LogP contribution < -0.4 is 5.32 Å². The molecule has 0 fully saturated rings. The average Bonchev–Trinajstić information content (AvgIpc) is 2.30. The number of nitrogens with one attached hydrogen (secondary N) is 1. The molecule has 2 atom stereocenters. The highest BCUT2D eigenvalue weighted by molar-refractivity contribution is 14.1. The highest BCUT2D eigenvalue weighted by atomic mass is 127. The number of alkyl halides is 2. The average molecular weight is 371 g/mol. The van der Waals surface area contributed by atoms with Crippen molar-refractivity contribution in [2.75, 3.05) is 0 Å². The van der Waals surface area contributed by atoms with Gasteiger partial charge in [0.2, 0.25) is 0 Å². The number of benzene rings is 1. The van der Waals surface area contributed by atoms with E-state index in [-0.39, 0.29) is 0 Å². The first-order valence-electron chi connectivity index (χ1n) is 3.42. The summed E-state index contributed by atoms with van der Waals surface area (Å²) in [7, 11) is 0. The summed E-state index contributed by atoms with van der Waals surface area (Å²) in [5, 5.41) is 3.46. The van der Waals surface area contributed by atoms with E-state index in [2.05, 4.69) is 74.8 Å². The van der Waals surface area contributed by atoms with Crippen LogP contribution >= 0.6 is 45.2 Å². The SMILES string of the molecule is IC1NC(I)c2ccccc21. The van der Waals surface area contributed by atoms with E-state index in [1.807, 2.05) is 0 Å². The van der Waals surface area contributed by atoms with E-state index in [4.69, 9.17) is 0 Å². The van der Waals surface area contributed by atoms with Crippen LogP contribution in [-0.4, -0.2) is 0 Å². The van der Waals surface area contributed by atoms with Gasteiger partial charge in [0.25, 0.3) is 0 Å². The molecule has 2 rings (SSSR count). The number of hydrogen-bond acceptors (Lipinski definition) is 1. The van der Waals surface area contributed by atoms with Crippen LogP contribution in [0.4, 0.5) is 0 Å². The molecule has 1 aliphatic rings. The van der Waals surface area contributed by atoms with Crippen molar-refractivity contribution in [1.29, 1.82) is 0 Å². The van der Waals surface area contributed by atoms with E-state index in [1.54, 1.807) is 0 Å². The molecule has 0 aliphatic carbocycles. The fourth-order valence-electron chi connectivity index (χ4n) is 1.28. The van der Waals surface area contributed by atoms with Crippen molar-refractivity contribution >= 4 is 45.2 Å². The van der Waals surface area contributed by atoms with Crippen molar-refractivity contribution in [3.05, 3.63) is 35.4 Å². The van der Waals surface area contributed by atoms with Crippen molar-refractivity contribution in [3.63, 3.8) is 0 Å². The topological polar surface area (TPSA) is 12.0 Å². The molecule has 58 valence electrons. The van der Waals surface area contributed by atoms with Gasteiger partial charge in [-0.05, 0) is 11.1 Å². The van der Waals surface area contributed by atoms with Crippen LogP contribution in [0.1, 0.15) is 19.2 Å². The zero-order chi connectivity index (χ0) is 7.84. The highest BCUT2D eigenvalue weighted by Gasteiger charge is 2.25. The van der Waals surface area contributed by atoms with Crippen LogP contribution in [0.2, 0.25) is 0 Å². The van der Waals surface area contributed by atoms with Crippen LogP contribution in [0.3, 0.4) is 0 Å². The Morgan fingerprint density at radius 2 is 1.45 bits per heavy atom. The van der Waals surface area contributed by atoms with Crippen molar-refractivity contribution in [1.82, 2.24) is 5.32 Å². The first-order chi connectivity index (χ1) is 5.29. The van der Waals surface area contributed by atoms with Gasteiger partial charge in [0.05, 0.1) is 8.10 Å². The van der Waals surface area contributed by atoms with Gasteiger partial charge in [0.1, 0.15) is 0 Å². The molecule has 0 radical (unpaired) electrons. The second-order valence-corrected chi connectivity index (χ2v) is 5.01. The molecule has 1 N–H and O–H groups in total. The molecule has 0 amide bonds. The predicted molar refractivity (Wildman–Crippen MR) is 63.1 cm³/mol.